The van der Waals surface area contributed by atoms with Crippen molar-refractivity contribution in [2.24, 2.45) is 5.41 Å². The predicted octanol–water partition coefficient (Wildman–Crippen LogP) is 4.78. The van der Waals surface area contributed by atoms with Crippen molar-refractivity contribution < 1.29 is 4.39 Å². The van der Waals surface area contributed by atoms with Gasteiger partial charge in [-0.25, -0.2) is 4.39 Å². The highest BCUT2D eigenvalue weighted by molar-refractivity contribution is 5.66. The molecule has 1 aromatic carbocycles. The largest absolute Gasteiger partial charge is 0.378 e. The number of rotatable bonds is 4. The summed E-state index contributed by atoms with van der Waals surface area (Å²) >= 11 is 0. The number of hydrogen-bond donors (Lipinski definition) is 0. The first-order valence-corrected chi connectivity index (χ1v) is 7.24. The average Bonchev–Trinajstić information content (AvgIpc) is 2.39. The Morgan fingerprint density at radius 3 is 2.60 bits per heavy atom. The molecule has 2 heteroatoms. The fourth-order valence-corrected chi connectivity index (χ4v) is 3.06. The van der Waals surface area contributed by atoms with Gasteiger partial charge in [0, 0.05) is 13.1 Å². The second-order valence-electron chi connectivity index (χ2n) is 6.27. The van der Waals surface area contributed by atoms with Crippen molar-refractivity contribution in [2.75, 3.05) is 13.1 Å². The van der Waals surface area contributed by atoms with Crippen LogP contribution in [0, 0.1) is 18.2 Å². The minimum Gasteiger partial charge on any atom is -0.378 e. The number of allylic oxidation sites excluding steroid dienone is 1. The molecule has 0 N–H and O–H groups in total. The van der Waals surface area contributed by atoms with Gasteiger partial charge in [0.2, 0.25) is 0 Å². The smallest absolute Gasteiger partial charge is 0.123 e. The molecule has 1 saturated heterocycles. The molecule has 0 radical (unpaired) electrons. The van der Waals surface area contributed by atoms with E-state index in [1.165, 1.54) is 6.07 Å². The third-order valence-electron chi connectivity index (χ3n) is 4.47. The van der Waals surface area contributed by atoms with Gasteiger partial charge in [0.15, 0.2) is 0 Å². The van der Waals surface area contributed by atoms with Crippen molar-refractivity contribution >= 4 is 5.57 Å². The second kappa shape index (κ2) is 5.82. The molecule has 0 amide bonds. The van der Waals surface area contributed by atoms with Crippen molar-refractivity contribution in [3.63, 3.8) is 0 Å². The van der Waals surface area contributed by atoms with E-state index in [0.717, 1.165) is 49.1 Å². The molecule has 1 aliphatic rings. The van der Waals surface area contributed by atoms with Gasteiger partial charge in [-0.15, -0.1) is 0 Å². The van der Waals surface area contributed by atoms with Crippen LogP contribution in [0.15, 0.2) is 37.6 Å². The Morgan fingerprint density at radius 2 is 2.05 bits per heavy atom. The third kappa shape index (κ3) is 3.30. The zero-order valence-electron chi connectivity index (χ0n) is 12.6. The van der Waals surface area contributed by atoms with Crippen molar-refractivity contribution in [3.8, 4) is 0 Å². The lowest BCUT2D eigenvalue weighted by Crippen LogP contribution is -2.35. The molecular weight excluding hydrogens is 249 g/mol. The average molecular weight is 273 g/mol. The van der Waals surface area contributed by atoms with E-state index >= 15 is 0 Å². The predicted molar refractivity (Wildman–Crippen MR) is 83.9 cm³/mol. The SMILES string of the molecule is C=CN1CCC(C)(CC(=C)c2ccc(F)cc2C)CC1. The summed E-state index contributed by atoms with van der Waals surface area (Å²) in [5, 5.41) is 0. The summed E-state index contributed by atoms with van der Waals surface area (Å²) in [6.07, 6.45) is 5.21. The van der Waals surface area contributed by atoms with Gasteiger partial charge in [-0.1, -0.05) is 26.1 Å². The number of likely N-dealkylation sites (tertiary alicyclic amines) is 1. The summed E-state index contributed by atoms with van der Waals surface area (Å²) in [5.74, 6) is -0.176. The zero-order chi connectivity index (χ0) is 14.8. The van der Waals surface area contributed by atoms with Gasteiger partial charge in [0.1, 0.15) is 5.82 Å². The Kier molecular flexibility index (Phi) is 4.32. The molecule has 0 bridgehead atoms. The third-order valence-corrected chi connectivity index (χ3v) is 4.47. The van der Waals surface area contributed by atoms with Gasteiger partial charge in [-0.2, -0.15) is 0 Å². The van der Waals surface area contributed by atoms with Crippen LogP contribution >= 0.6 is 0 Å². The molecule has 2 rings (SSSR count). The first-order valence-electron chi connectivity index (χ1n) is 7.24. The molecule has 1 nitrogen and oxygen atoms in total. The van der Waals surface area contributed by atoms with Crippen molar-refractivity contribution in [1.82, 2.24) is 4.90 Å². The van der Waals surface area contributed by atoms with E-state index in [-0.39, 0.29) is 11.2 Å². The van der Waals surface area contributed by atoms with E-state index in [1.54, 1.807) is 6.07 Å². The lowest BCUT2D eigenvalue weighted by molar-refractivity contribution is 0.159. The van der Waals surface area contributed by atoms with Crippen LogP contribution in [0.1, 0.15) is 37.3 Å². The van der Waals surface area contributed by atoms with Gasteiger partial charge in [-0.3, -0.25) is 0 Å². The molecular formula is C18H24FN. The molecule has 1 fully saturated rings. The van der Waals surface area contributed by atoms with Crippen LogP contribution < -0.4 is 0 Å². The van der Waals surface area contributed by atoms with E-state index < -0.39 is 0 Å². The maximum absolute atomic E-state index is 13.2. The highest BCUT2D eigenvalue weighted by Crippen LogP contribution is 2.39. The minimum atomic E-state index is -0.176. The van der Waals surface area contributed by atoms with Crippen LogP contribution in [0.25, 0.3) is 5.57 Å². The normalized spacial score (nSPS) is 17.9. The summed E-state index contributed by atoms with van der Waals surface area (Å²) in [5.41, 5.74) is 3.48. The quantitative estimate of drug-likeness (QED) is 0.763. The number of hydrogen-bond acceptors (Lipinski definition) is 1. The van der Waals surface area contributed by atoms with Crippen LogP contribution in [0.4, 0.5) is 4.39 Å². The fourth-order valence-electron chi connectivity index (χ4n) is 3.06. The molecule has 1 aromatic rings. The molecule has 0 spiro atoms. The first-order chi connectivity index (χ1) is 9.43. The van der Waals surface area contributed by atoms with E-state index in [0.29, 0.717) is 0 Å². The molecule has 0 saturated carbocycles. The van der Waals surface area contributed by atoms with E-state index in [9.17, 15) is 4.39 Å². The lowest BCUT2D eigenvalue weighted by Gasteiger charge is -2.39. The Labute approximate surface area is 121 Å². The monoisotopic (exact) mass is 273 g/mol. The van der Waals surface area contributed by atoms with E-state index in [4.69, 9.17) is 0 Å². The summed E-state index contributed by atoms with van der Waals surface area (Å²) in [6.45, 7) is 14.5. The van der Waals surface area contributed by atoms with Crippen LogP contribution in [0.5, 0.6) is 0 Å². The second-order valence-corrected chi connectivity index (χ2v) is 6.27. The van der Waals surface area contributed by atoms with Crippen molar-refractivity contribution in [2.45, 2.75) is 33.1 Å². The number of piperidine rings is 1. The van der Waals surface area contributed by atoms with Crippen molar-refractivity contribution in [1.29, 1.82) is 0 Å². The molecule has 0 atom stereocenters. The molecule has 108 valence electrons. The molecule has 1 heterocycles. The molecule has 1 aliphatic heterocycles. The Bertz CT molecular complexity index is 510. The van der Waals surface area contributed by atoms with Crippen molar-refractivity contribution in [3.05, 3.63) is 54.5 Å². The Morgan fingerprint density at radius 1 is 1.40 bits per heavy atom. The van der Waals surface area contributed by atoms with Gasteiger partial charge < -0.3 is 4.90 Å². The highest BCUT2D eigenvalue weighted by atomic mass is 19.1. The number of aryl methyl sites for hydroxylation is 1. The topological polar surface area (TPSA) is 3.24 Å². The highest BCUT2D eigenvalue weighted by Gasteiger charge is 2.29. The number of nitrogens with zero attached hydrogens (tertiary/aromatic N) is 1. The van der Waals surface area contributed by atoms with Gasteiger partial charge in [0.05, 0.1) is 0 Å². The molecule has 20 heavy (non-hydrogen) atoms. The van der Waals surface area contributed by atoms with Gasteiger partial charge in [-0.05, 0) is 66.6 Å². The standard InChI is InChI=1S/C18H24FN/c1-5-20-10-8-18(4,9-11-20)13-15(3)17-7-6-16(19)12-14(17)2/h5-7,12H,1,3,8-11,13H2,2,4H3. The Hall–Kier alpha value is -1.57. The summed E-state index contributed by atoms with van der Waals surface area (Å²) in [7, 11) is 0. The summed E-state index contributed by atoms with van der Waals surface area (Å²) in [6, 6.07) is 4.97. The first kappa shape index (κ1) is 14.8. The summed E-state index contributed by atoms with van der Waals surface area (Å²) in [4.78, 5) is 2.27. The Balaban J connectivity index is 2.06. The van der Waals surface area contributed by atoms with Crippen LogP contribution in [-0.2, 0) is 0 Å². The van der Waals surface area contributed by atoms with Gasteiger partial charge >= 0.3 is 0 Å². The van der Waals surface area contributed by atoms with Gasteiger partial charge in [0.25, 0.3) is 0 Å². The fraction of sp³-hybridized carbons (Fsp3) is 0.444. The van der Waals surface area contributed by atoms with Crippen LogP contribution in [0.2, 0.25) is 0 Å². The minimum absolute atomic E-state index is 0.176. The van der Waals surface area contributed by atoms with Crippen LogP contribution in [-0.4, -0.2) is 18.0 Å². The molecule has 0 aliphatic carbocycles. The maximum Gasteiger partial charge on any atom is 0.123 e. The van der Waals surface area contributed by atoms with Crippen LogP contribution in [0.3, 0.4) is 0 Å². The number of benzene rings is 1. The number of halogens is 1. The maximum atomic E-state index is 13.2. The molecule has 0 aromatic heterocycles. The zero-order valence-corrected chi connectivity index (χ0v) is 12.6. The van der Waals surface area contributed by atoms with E-state index in [2.05, 4.69) is 25.0 Å². The molecule has 0 unspecified atom stereocenters. The van der Waals surface area contributed by atoms with E-state index in [1.807, 2.05) is 19.2 Å². The summed E-state index contributed by atoms with van der Waals surface area (Å²) < 4.78 is 13.2. The lowest BCUT2D eigenvalue weighted by atomic mass is 9.74.